The van der Waals surface area contributed by atoms with E-state index < -0.39 is 5.51 Å². The third-order valence-electron chi connectivity index (χ3n) is 7.25. The lowest BCUT2D eigenvalue weighted by Crippen LogP contribution is -2.47. The molecule has 3 aromatic heterocycles. The van der Waals surface area contributed by atoms with E-state index in [4.69, 9.17) is 0 Å². The van der Waals surface area contributed by atoms with Crippen molar-refractivity contribution in [1.29, 1.82) is 0 Å². The Hall–Kier alpha value is -3.10. The third kappa shape index (κ3) is 5.31. The Kier molecular flexibility index (Phi) is 6.32. The van der Waals surface area contributed by atoms with Crippen molar-refractivity contribution in [2.75, 3.05) is 11.9 Å². The molecular formula is C26H27F3N6OS. The van der Waals surface area contributed by atoms with Crippen molar-refractivity contribution in [2.45, 2.75) is 73.2 Å². The van der Waals surface area contributed by atoms with Gasteiger partial charge in [-0.15, -0.1) is 0 Å². The fourth-order valence-electron chi connectivity index (χ4n) is 5.31. The second kappa shape index (κ2) is 9.65. The minimum Gasteiger partial charge on any atom is -0.379 e. The van der Waals surface area contributed by atoms with Gasteiger partial charge in [0.05, 0.1) is 41.1 Å². The van der Waals surface area contributed by atoms with Gasteiger partial charge in [-0.3, -0.25) is 9.48 Å². The standard InChI is InChI=1S/C26H27F3N6OS/c27-26(28,29)37-25-16(3-1-11-30-24(36)17-14-31-35(15-17)19-7-8-19)13-23-22(4-2-12-34(23)25)33-21-10-6-18-5-9-20(21)32-18/h2,4,12-15,18-21,32-33H,5-11H2,(H,30,36)/t18-,20+,21+/m0/s1. The molecule has 0 spiro atoms. The number of nitrogens with one attached hydrogen (secondary N) is 3. The second-order valence-electron chi connectivity index (χ2n) is 9.89. The Balaban J connectivity index is 1.22. The van der Waals surface area contributed by atoms with Crippen LogP contribution in [0.5, 0.6) is 0 Å². The van der Waals surface area contributed by atoms with Crippen LogP contribution in [-0.4, -0.2) is 50.3 Å². The van der Waals surface area contributed by atoms with Gasteiger partial charge in [-0.2, -0.15) is 18.3 Å². The van der Waals surface area contributed by atoms with Crippen molar-refractivity contribution >= 4 is 28.9 Å². The minimum absolute atomic E-state index is 0.0114. The van der Waals surface area contributed by atoms with Crippen LogP contribution in [0.25, 0.3) is 5.52 Å². The van der Waals surface area contributed by atoms with Crippen LogP contribution in [0.2, 0.25) is 0 Å². The number of rotatable bonds is 6. The lowest BCUT2D eigenvalue weighted by Gasteiger charge is -2.31. The first-order chi connectivity index (χ1) is 17.8. The molecule has 1 saturated carbocycles. The summed E-state index contributed by atoms with van der Waals surface area (Å²) in [5.74, 6) is 5.37. The van der Waals surface area contributed by atoms with Gasteiger partial charge in [-0.25, -0.2) is 0 Å². The summed E-state index contributed by atoms with van der Waals surface area (Å²) in [7, 11) is 0. The van der Waals surface area contributed by atoms with E-state index in [1.165, 1.54) is 12.6 Å². The Morgan fingerprint density at radius 1 is 1.22 bits per heavy atom. The highest BCUT2D eigenvalue weighted by Crippen LogP contribution is 2.41. The second-order valence-corrected chi connectivity index (χ2v) is 10.9. The SMILES string of the molecule is O=C(NCC#Cc1cc2c(N[C@@H]3CC[C@@H]4CC[C@H]3N4)cccn2c1SC(F)(F)F)c1cnn(C2CC2)c1. The number of hydrogen-bond donors (Lipinski definition) is 3. The van der Waals surface area contributed by atoms with Crippen molar-refractivity contribution in [3.63, 3.8) is 0 Å². The molecule has 2 bridgehead atoms. The van der Waals surface area contributed by atoms with Gasteiger partial charge in [0.1, 0.15) is 5.03 Å². The molecular weight excluding hydrogens is 501 g/mol. The van der Waals surface area contributed by atoms with Gasteiger partial charge in [0.2, 0.25) is 0 Å². The quantitative estimate of drug-likeness (QED) is 0.323. The highest BCUT2D eigenvalue weighted by atomic mass is 32.2. The van der Waals surface area contributed by atoms with Gasteiger partial charge in [-0.05, 0) is 56.7 Å². The molecule has 3 aliphatic rings. The number of amides is 1. The summed E-state index contributed by atoms with van der Waals surface area (Å²) >= 11 is -0.175. The molecule has 0 aromatic carbocycles. The molecule has 1 aliphatic carbocycles. The number of fused-ring (bicyclic) bond motifs is 3. The zero-order valence-corrected chi connectivity index (χ0v) is 20.8. The number of carbonyl (C=O) groups is 1. The fourth-order valence-corrected chi connectivity index (χ4v) is 6.01. The number of anilines is 1. The maximum absolute atomic E-state index is 13.5. The summed E-state index contributed by atoms with van der Waals surface area (Å²) in [5.41, 5.74) is -2.31. The average molecular weight is 529 g/mol. The molecule has 11 heteroatoms. The monoisotopic (exact) mass is 528 g/mol. The van der Waals surface area contributed by atoms with Crippen LogP contribution in [0.15, 0.2) is 41.8 Å². The van der Waals surface area contributed by atoms with Crippen LogP contribution < -0.4 is 16.0 Å². The molecule has 3 N–H and O–H groups in total. The Labute approximate surface area is 216 Å². The zero-order chi connectivity index (χ0) is 25.6. The van der Waals surface area contributed by atoms with E-state index in [1.807, 2.05) is 6.07 Å². The molecule has 6 rings (SSSR count). The largest absolute Gasteiger partial charge is 0.447 e. The zero-order valence-electron chi connectivity index (χ0n) is 20.0. The van der Waals surface area contributed by atoms with Crippen LogP contribution in [0, 0.1) is 11.8 Å². The normalized spacial score (nSPS) is 23.1. The van der Waals surface area contributed by atoms with Gasteiger partial charge in [0.25, 0.3) is 5.91 Å². The summed E-state index contributed by atoms with van der Waals surface area (Å²) < 4.78 is 43.7. The molecule has 2 saturated heterocycles. The first-order valence-electron chi connectivity index (χ1n) is 12.6. The van der Waals surface area contributed by atoms with Crippen LogP contribution >= 0.6 is 11.8 Å². The van der Waals surface area contributed by atoms with Crippen molar-refractivity contribution in [3.05, 3.63) is 47.9 Å². The van der Waals surface area contributed by atoms with Gasteiger partial charge in [0, 0.05) is 42.3 Å². The number of nitrogens with zero attached hydrogens (tertiary/aromatic N) is 3. The van der Waals surface area contributed by atoms with E-state index in [2.05, 4.69) is 32.9 Å². The third-order valence-corrected chi connectivity index (χ3v) is 8.09. The van der Waals surface area contributed by atoms with Gasteiger partial charge in [-0.1, -0.05) is 11.8 Å². The predicted octanol–water partition coefficient (Wildman–Crippen LogP) is 4.56. The maximum atomic E-state index is 13.5. The van der Waals surface area contributed by atoms with Crippen molar-refractivity contribution in [3.8, 4) is 11.8 Å². The van der Waals surface area contributed by atoms with E-state index in [1.54, 1.807) is 33.6 Å². The molecule has 0 unspecified atom stereocenters. The summed E-state index contributed by atoms with van der Waals surface area (Å²) in [5, 5.41) is 14.1. The van der Waals surface area contributed by atoms with Crippen LogP contribution in [0.3, 0.4) is 0 Å². The first-order valence-corrected chi connectivity index (χ1v) is 13.4. The van der Waals surface area contributed by atoms with Crippen molar-refractivity contribution < 1.29 is 18.0 Å². The molecule has 3 atom stereocenters. The Morgan fingerprint density at radius 2 is 2.05 bits per heavy atom. The molecule has 37 heavy (non-hydrogen) atoms. The molecule has 2 aliphatic heterocycles. The maximum Gasteiger partial charge on any atom is 0.447 e. The topological polar surface area (TPSA) is 75.4 Å². The van der Waals surface area contributed by atoms with E-state index in [9.17, 15) is 18.0 Å². The smallest absolute Gasteiger partial charge is 0.379 e. The number of alkyl halides is 3. The summed E-state index contributed by atoms with van der Waals surface area (Å²) in [4.78, 5) is 12.4. The Bertz CT molecular complexity index is 1380. The number of halogens is 3. The highest BCUT2D eigenvalue weighted by Gasteiger charge is 2.36. The Morgan fingerprint density at radius 3 is 2.86 bits per heavy atom. The molecule has 3 fully saturated rings. The van der Waals surface area contributed by atoms with Crippen molar-refractivity contribution in [1.82, 2.24) is 24.8 Å². The lowest BCUT2D eigenvalue weighted by atomic mass is 9.99. The van der Waals surface area contributed by atoms with E-state index in [0.717, 1.165) is 37.8 Å². The predicted molar refractivity (Wildman–Crippen MR) is 136 cm³/mol. The number of hydrogen-bond acceptors (Lipinski definition) is 5. The number of piperidine rings is 1. The van der Waals surface area contributed by atoms with E-state index >= 15 is 0 Å². The molecule has 3 aromatic rings. The van der Waals surface area contributed by atoms with Crippen LogP contribution in [0.1, 0.15) is 60.5 Å². The van der Waals surface area contributed by atoms with Gasteiger partial charge < -0.3 is 20.4 Å². The summed E-state index contributed by atoms with van der Waals surface area (Å²) in [6, 6.07) is 6.90. The molecule has 5 heterocycles. The summed E-state index contributed by atoms with van der Waals surface area (Å²) in [6.45, 7) is 0.0114. The minimum atomic E-state index is -4.46. The van der Waals surface area contributed by atoms with Gasteiger partial charge >= 0.3 is 5.51 Å². The van der Waals surface area contributed by atoms with Crippen LogP contribution in [-0.2, 0) is 0 Å². The van der Waals surface area contributed by atoms with Crippen molar-refractivity contribution in [2.24, 2.45) is 0 Å². The molecule has 194 valence electrons. The van der Waals surface area contributed by atoms with E-state index in [0.29, 0.717) is 29.2 Å². The fraction of sp³-hybridized carbons (Fsp3) is 0.462. The molecule has 1 amide bonds. The first kappa shape index (κ1) is 24.2. The number of pyridine rings is 1. The molecule has 0 radical (unpaired) electrons. The lowest BCUT2D eigenvalue weighted by molar-refractivity contribution is -0.0329. The van der Waals surface area contributed by atoms with Gasteiger partial charge in [0.15, 0.2) is 0 Å². The molecule has 7 nitrogen and oxygen atoms in total. The number of carbonyl (C=O) groups excluding carboxylic acids is 1. The highest BCUT2D eigenvalue weighted by molar-refractivity contribution is 8.00. The summed E-state index contributed by atoms with van der Waals surface area (Å²) in [6.07, 6.45) is 11.4. The number of aromatic nitrogens is 3. The number of thioether (sulfide) groups is 1. The van der Waals surface area contributed by atoms with E-state index in [-0.39, 0.29) is 40.8 Å². The average Bonchev–Trinajstić information content (AvgIpc) is 3.30. The van der Waals surface area contributed by atoms with Crippen LogP contribution in [0.4, 0.5) is 18.9 Å².